The van der Waals surface area contributed by atoms with Gasteiger partial charge in [-0.25, -0.2) is 14.5 Å². The van der Waals surface area contributed by atoms with E-state index in [0.717, 1.165) is 25.7 Å². The van der Waals surface area contributed by atoms with Gasteiger partial charge in [0.1, 0.15) is 5.75 Å². The summed E-state index contributed by atoms with van der Waals surface area (Å²) in [5, 5.41) is 13.0. The summed E-state index contributed by atoms with van der Waals surface area (Å²) in [4.78, 5) is 29.6. The highest BCUT2D eigenvalue weighted by Gasteiger charge is 2.29. The van der Waals surface area contributed by atoms with Crippen molar-refractivity contribution in [1.82, 2.24) is 14.3 Å². The van der Waals surface area contributed by atoms with E-state index in [1.165, 1.54) is 17.5 Å². The number of carboxylic acid groups (broad SMARTS) is 1. The number of carboxylic acids is 1. The van der Waals surface area contributed by atoms with E-state index in [1.54, 1.807) is 36.6 Å². The maximum Gasteiger partial charge on any atom is 0.345 e. The van der Waals surface area contributed by atoms with E-state index in [4.69, 9.17) is 16.3 Å². The van der Waals surface area contributed by atoms with Crippen molar-refractivity contribution in [3.05, 3.63) is 39.3 Å². The molecule has 1 fully saturated rings. The molecule has 3 rings (SSSR count). The zero-order valence-corrected chi connectivity index (χ0v) is 20.7. The topological polar surface area (TPSA) is 102 Å². The predicted molar refractivity (Wildman–Crippen MR) is 128 cm³/mol. The van der Waals surface area contributed by atoms with Crippen molar-refractivity contribution in [2.24, 2.45) is 16.3 Å². The van der Waals surface area contributed by atoms with Gasteiger partial charge in [0.15, 0.2) is 0 Å². The number of hydrogen-bond acceptors (Lipinski definition) is 4. The molecule has 0 aliphatic heterocycles. The molecule has 0 amide bonds. The van der Waals surface area contributed by atoms with Crippen LogP contribution in [0.1, 0.15) is 66.2 Å². The maximum atomic E-state index is 13.3. The number of carbonyl (C=O) groups is 1. The van der Waals surface area contributed by atoms with Crippen LogP contribution in [0.5, 0.6) is 5.75 Å². The number of aromatic amines is 1. The Morgan fingerprint density at radius 1 is 1.27 bits per heavy atom. The molecule has 1 saturated carbocycles. The van der Waals surface area contributed by atoms with Crippen LogP contribution in [0.15, 0.2) is 28.0 Å². The number of hydrogen-bond donors (Lipinski definition) is 2. The first-order valence-electron chi connectivity index (χ1n) is 11.7. The normalized spacial score (nSPS) is 16.2. The summed E-state index contributed by atoms with van der Waals surface area (Å²) >= 11 is 6.38. The van der Waals surface area contributed by atoms with Gasteiger partial charge in [-0.3, -0.25) is 14.5 Å². The fourth-order valence-corrected chi connectivity index (χ4v) is 4.34. The van der Waals surface area contributed by atoms with Crippen LogP contribution < -0.4 is 16.0 Å². The van der Waals surface area contributed by atoms with Crippen LogP contribution in [-0.4, -0.2) is 31.5 Å². The maximum absolute atomic E-state index is 13.3. The number of nitrogens with zero attached hydrogens (tertiary/aromatic N) is 3. The predicted octanol–water partition coefficient (Wildman–Crippen LogP) is 4.73. The van der Waals surface area contributed by atoms with Crippen LogP contribution in [0, 0.1) is 11.3 Å². The van der Waals surface area contributed by atoms with Gasteiger partial charge in [0, 0.05) is 6.54 Å². The van der Waals surface area contributed by atoms with Gasteiger partial charge in [-0.05, 0) is 64.7 Å². The van der Waals surface area contributed by atoms with E-state index in [1.807, 2.05) is 13.8 Å². The average molecular weight is 479 g/mol. The first-order valence-corrected chi connectivity index (χ1v) is 12.1. The largest absolute Gasteiger partial charge is 0.489 e. The molecular formula is C24H35ClN4O4. The second-order valence-corrected chi connectivity index (χ2v) is 10.3. The Labute approximate surface area is 199 Å². The van der Waals surface area contributed by atoms with Crippen LogP contribution in [0.3, 0.4) is 0 Å². The molecule has 9 heteroatoms. The van der Waals surface area contributed by atoms with Crippen molar-refractivity contribution in [2.75, 3.05) is 0 Å². The lowest BCUT2D eigenvalue weighted by molar-refractivity contribution is -0.147. The summed E-state index contributed by atoms with van der Waals surface area (Å²) in [7, 11) is 0. The van der Waals surface area contributed by atoms with Crippen LogP contribution in [0.25, 0.3) is 0 Å². The third-order valence-electron chi connectivity index (χ3n) is 6.01. The molecule has 0 radical (unpaired) electrons. The molecule has 2 N–H and O–H groups in total. The van der Waals surface area contributed by atoms with Crippen LogP contribution in [-0.2, 0) is 17.9 Å². The summed E-state index contributed by atoms with van der Waals surface area (Å²) in [6.07, 6.45) is 6.92. The molecule has 2 aromatic rings. The number of ether oxygens (including phenoxy) is 1. The molecule has 0 saturated heterocycles. The smallest absolute Gasteiger partial charge is 0.345 e. The van der Waals surface area contributed by atoms with Crippen LogP contribution in [0.2, 0.25) is 5.02 Å². The lowest BCUT2D eigenvalue weighted by Gasteiger charge is -2.18. The number of aliphatic carboxylic acids is 1. The first-order chi connectivity index (χ1) is 15.6. The third-order valence-corrected chi connectivity index (χ3v) is 6.31. The fraction of sp³-hybridized carbons (Fsp3) is 0.625. The zero-order chi connectivity index (χ0) is 24.2. The lowest BCUT2D eigenvalue weighted by atomic mass is 9.94. The van der Waals surface area contributed by atoms with Crippen molar-refractivity contribution < 1.29 is 14.6 Å². The SMILES string of the molecule is CC(C)Oc1ccc(/N=c2\[nH]n(CC(C)(C)C(=O)O)c(=O)n2CC2CCCCCC2)cc1Cl. The highest BCUT2D eigenvalue weighted by atomic mass is 35.5. The molecule has 0 spiro atoms. The van der Waals surface area contributed by atoms with E-state index in [9.17, 15) is 14.7 Å². The number of rotatable bonds is 8. The van der Waals surface area contributed by atoms with Gasteiger partial charge >= 0.3 is 11.7 Å². The molecule has 1 aromatic heterocycles. The van der Waals surface area contributed by atoms with Crippen molar-refractivity contribution in [2.45, 2.75) is 85.4 Å². The zero-order valence-electron chi connectivity index (χ0n) is 19.9. The number of nitrogens with one attached hydrogen (secondary N) is 1. The first kappa shape index (κ1) is 25.1. The van der Waals surface area contributed by atoms with Gasteiger partial charge in [0.05, 0.1) is 28.8 Å². The highest BCUT2D eigenvalue weighted by molar-refractivity contribution is 6.32. The van der Waals surface area contributed by atoms with E-state index >= 15 is 0 Å². The molecule has 182 valence electrons. The van der Waals surface area contributed by atoms with Crippen molar-refractivity contribution in [3.8, 4) is 5.75 Å². The number of aromatic nitrogens is 3. The van der Waals surface area contributed by atoms with Gasteiger partial charge < -0.3 is 9.84 Å². The minimum atomic E-state index is -1.11. The summed E-state index contributed by atoms with van der Waals surface area (Å²) in [5.41, 5.74) is -0.417. The Hall–Kier alpha value is -2.48. The van der Waals surface area contributed by atoms with E-state index in [-0.39, 0.29) is 18.3 Å². The molecular weight excluding hydrogens is 444 g/mol. The molecule has 1 aliphatic carbocycles. The Kier molecular flexibility index (Phi) is 8.10. The van der Waals surface area contributed by atoms with Crippen molar-refractivity contribution in [3.63, 3.8) is 0 Å². The molecule has 1 heterocycles. The number of benzene rings is 1. The van der Waals surface area contributed by atoms with Gasteiger partial charge in [0.25, 0.3) is 0 Å². The summed E-state index contributed by atoms with van der Waals surface area (Å²) in [6.45, 7) is 7.62. The molecule has 1 aromatic carbocycles. The summed E-state index contributed by atoms with van der Waals surface area (Å²) in [5.74, 6) is -0.00200. The fourth-order valence-electron chi connectivity index (χ4n) is 4.12. The van der Waals surface area contributed by atoms with Crippen molar-refractivity contribution >= 4 is 23.3 Å². The Morgan fingerprint density at radius 2 is 1.94 bits per heavy atom. The Bertz CT molecular complexity index is 1090. The average Bonchev–Trinajstić information content (AvgIpc) is 2.90. The van der Waals surface area contributed by atoms with E-state index < -0.39 is 11.4 Å². The minimum absolute atomic E-state index is 0.00463. The van der Waals surface area contributed by atoms with Crippen LogP contribution in [0.4, 0.5) is 5.69 Å². The Balaban J connectivity index is 2.02. The number of H-pyrrole nitrogens is 1. The minimum Gasteiger partial charge on any atom is -0.489 e. The Morgan fingerprint density at radius 3 is 2.52 bits per heavy atom. The van der Waals surface area contributed by atoms with E-state index in [0.29, 0.717) is 34.5 Å². The molecule has 0 atom stereocenters. The third kappa shape index (κ3) is 6.53. The van der Waals surface area contributed by atoms with Gasteiger partial charge in [-0.15, -0.1) is 0 Å². The standard InChI is InChI=1S/C24H35ClN4O4/c1-16(2)33-20-12-11-18(13-19(20)25)26-22-27-29(15-24(3,4)21(30)31)23(32)28(22)14-17-9-7-5-6-8-10-17/h11-13,16-17H,5-10,14-15H2,1-4H3,(H,26,27)(H,30,31). The highest BCUT2D eigenvalue weighted by Crippen LogP contribution is 2.29. The molecule has 8 nitrogen and oxygen atoms in total. The second-order valence-electron chi connectivity index (χ2n) is 9.85. The quantitative estimate of drug-likeness (QED) is 0.535. The van der Waals surface area contributed by atoms with E-state index in [2.05, 4.69) is 10.1 Å². The van der Waals surface area contributed by atoms with Gasteiger partial charge in [-0.1, -0.05) is 37.3 Å². The lowest BCUT2D eigenvalue weighted by Crippen LogP contribution is -2.36. The molecule has 0 bridgehead atoms. The number of halogens is 1. The van der Waals surface area contributed by atoms with Crippen molar-refractivity contribution in [1.29, 1.82) is 0 Å². The molecule has 1 aliphatic rings. The summed E-state index contributed by atoms with van der Waals surface area (Å²) < 4.78 is 8.68. The second kappa shape index (κ2) is 10.6. The van der Waals surface area contributed by atoms with Crippen LogP contribution >= 0.6 is 11.6 Å². The monoisotopic (exact) mass is 478 g/mol. The van der Waals surface area contributed by atoms with Gasteiger partial charge in [0.2, 0.25) is 5.62 Å². The molecule has 0 unspecified atom stereocenters. The summed E-state index contributed by atoms with van der Waals surface area (Å²) in [6, 6.07) is 5.25. The molecule has 33 heavy (non-hydrogen) atoms. The van der Waals surface area contributed by atoms with Gasteiger partial charge in [-0.2, -0.15) is 0 Å².